The Bertz CT molecular complexity index is 1190. The van der Waals surface area contributed by atoms with Crippen molar-refractivity contribution < 1.29 is 22.0 Å². The molecule has 0 bridgehead atoms. The summed E-state index contributed by atoms with van der Waals surface area (Å²) in [4.78, 5) is 0. The minimum Gasteiger partial charge on any atom is -0.203 e. The van der Waals surface area contributed by atoms with Crippen LogP contribution in [0.4, 0.5) is 22.0 Å². The topological polar surface area (TPSA) is 0 Å². The lowest BCUT2D eigenvalue weighted by Crippen LogP contribution is -2.34. The zero-order chi connectivity index (χ0) is 20.3. The van der Waals surface area contributed by atoms with Gasteiger partial charge in [-0.2, -0.15) is 0 Å². The highest BCUT2D eigenvalue weighted by molar-refractivity contribution is 5.75. The molecule has 5 rings (SSSR count). The highest BCUT2D eigenvalue weighted by atomic mass is 19.2. The van der Waals surface area contributed by atoms with Gasteiger partial charge in [0.1, 0.15) is 0 Å². The first-order valence-corrected chi connectivity index (χ1v) is 9.04. The monoisotopic (exact) mass is 396 g/mol. The molecule has 0 amide bonds. The van der Waals surface area contributed by atoms with Gasteiger partial charge in [0.2, 0.25) is 5.82 Å². The summed E-state index contributed by atoms with van der Waals surface area (Å²) in [5.74, 6) is -10.3. The van der Waals surface area contributed by atoms with Gasteiger partial charge in [-0.3, -0.25) is 0 Å². The van der Waals surface area contributed by atoms with Crippen molar-refractivity contribution in [1.29, 1.82) is 0 Å². The average Bonchev–Trinajstić information content (AvgIpc) is 3.34. The van der Waals surface area contributed by atoms with Crippen molar-refractivity contribution in [3.05, 3.63) is 118 Å². The van der Waals surface area contributed by atoms with Crippen molar-refractivity contribution in [2.24, 2.45) is 0 Å². The fourth-order valence-corrected chi connectivity index (χ4v) is 4.59. The maximum Gasteiger partial charge on any atom is 0.200 e. The maximum absolute atomic E-state index is 15.0. The smallest absolute Gasteiger partial charge is 0.200 e. The molecular weight excluding hydrogens is 383 g/mol. The summed E-state index contributed by atoms with van der Waals surface area (Å²) in [7, 11) is 0. The lowest BCUT2D eigenvalue weighted by atomic mass is 9.65. The Morgan fingerprint density at radius 2 is 1.21 bits per heavy atom. The lowest BCUT2D eigenvalue weighted by Gasteiger charge is -2.36. The third kappa shape index (κ3) is 2.24. The molecule has 0 saturated carbocycles. The van der Waals surface area contributed by atoms with Crippen LogP contribution in [0.5, 0.6) is 0 Å². The SMILES string of the molecule is Fc1c(F)c(F)c(C2(C3C=Cc4ccccc43)C=Cc3ccccc32)c(F)c1F. The van der Waals surface area contributed by atoms with Crippen LogP contribution in [0.2, 0.25) is 0 Å². The van der Waals surface area contributed by atoms with Crippen LogP contribution in [0.15, 0.2) is 60.7 Å². The van der Waals surface area contributed by atoms with Gasteiger partial charge in [0.15, 0.2) is 23.3 Å². The minimum atomic E-state index is -2.16. The number of halogens is 5. The van der Waals surface area contributed by atoms with E-state index in [1.54, 1.807) is 48.6 Å². The molecular formula is C24H13F5. The number of hydrogen-bond acceptors (Lipinski definition) is 0. The van der Waals surface area contributed by atoms with Crippen LogP contribution in [0.25, 0.3) is 12.2 Å². The number of rotatable bonds is 2. The fourth-order valence-electron chi connectivity index (χ4n) is 4.59. The second-order valence-electron chi connectivity index (χ2n) is 7.20. The number of hydrogen-bond donors (Lipinski definition) is 0. The normalized spacial score (nSPS) is 21.5. The summed E-state index contributed by atoms with van der Waals surface area (Å²) in [6, 6.07) is 14.1. The highest BCUT2D eigenvalue weighted by Gasteiger charge is 2.50. The molecule has 0 spiro atoms. The Labute approximate surface area is 163 Å². The first-order chi connectivity index (χ1) is 14.0. The number of fused-ring (bicyclic) bond motifs is 2. The zero-order valence-electron chi connectivity index (χ0n) is 14.9. The summed E-state index contributed by atoms with van der Waals surface area (Å²) >= 11 is 0. The van der Waals surface area contributed by atoms with Gasteiger partial charge in [0.05, 0.1) is 5.41 Å². The lowest BCUT2D eigenvalue weighted by molar-refractivity contribution is 0.355. The summed E-state index contributed by atoms with van der Waals surface area (Å²) in [6.07, 6.45) is 6.78. The molecule has 3 aromatic rings. The van der Waals surface area contributed by atoms with Crippen LogP contribution < -0.4 is 0 Å². The van der Waals surface area contributed by atoms with Crippen LogP contribution in [0.3, 0.4) is 0 Å². The summed E-state index contributed by atoms with van der Waals surface area (Å²) < 4.78 is 72.2. The molecule has 0 saturated heterocycles. The van der Waals surface area contributed by atoms with Crippen molar-refractivity contribution in [3.8, 4) is 0 Å². The molecule has 2 aliphatic rings. The summed E-state index contributed by atoms with van der Waals surface area (Å²) in [5, 5.41) is 0. The zero-order valence-corrected chi connectivity index (χ0v) is 14.9. The third-order valence-corrected chi connectivity index (χ3v) is 5.85. The molecule has 0 heterocycles. The van der Waals surface area contributed by atoms with Crippen molar-refractivity contribution in [1.82, 2.24) is 0 Å². The van der Waals surface area contributed by atoms with E-state index in [2.05, 4.69) is 0 Å². The molecule has 2 unspecified atom stereocenters. The Balaban J connectivity index is 1.90. The number of benzene rings is 3. The predicted molar refractivity (Wildman–Crippen MR) is 101 cm³/mol. The van der Waals surface area contributed by atoms with E-state index in [4.69, 9.17) is 0 Å². The molecule has 0 fully saturated rings. The van der Waals surface area contributed by atoms with E-state index >= 15 is 8.78 Å². The molecule has 3 aromatic carbocycles. The van der Waals surface area contributed by atoms with Gasteiger partial charge >= 0.3 is 0 Å². The standard InChI is InChI=1S/C24H13F5/c25-19-18(20(26)22(28)23(29)21(19)27)24(12-11-14-6-2-4-8-16(14)24)17-10-9-13-5-1-3-7-15(13)17/h1-12,17H. The highest BCUT2D eigenvalue weighted by Crippen LogP contribution is 2.55. The van der Waals surface area contributed by atoms with E-state index in [0.717, 1.165) is 11.1 Å². The van der Waals surface area contributed by atoms with Crippen LogP contribution >= 0.6 is 0 Å². The van der Waals surface area contributed by atoms with E-state index < -0.39 is 46.0 Å². The quantitative estimate of drug-likeness (QED) is 0.263. The van der Waals surface area contributed by atoms with Crippen LogP contribution in [0, 0.1) is 29.1 Å². The minimum absolute atomic E-state index is 0.495. The van der Waals surface area contributed by atoms with Gasteiger partial charge in [0.25, 0.3) is 0 Å². The van der Waals surface area contributed by atoms with Gasteiger partial charge in [0, 0.05) is 11.5 Å². The number of allylic oxidation sites excluding steroid dienone is 2. The molecule has 0 aromatic heterocycles. The average molecular weight is 396 g/mol. The van der Waals surface area contributed by atoms with Gasteiger partial charge in [-0.05, 0) is 22.3 Å². The van der Waals surface area contributed by atoms with Gasteiger partial charge < -0.3 is 0 Å². The molecule has 2 atom stereocenters. The summed E-state index contributed by atoms with van der Waals surface area (Å²) in [5.41, 5.74) is 0.380. The summed E-state index contributed by atoms with van der Waals surface area (Å²) in [6.45, 7) is 0. The molecule has 0 aliphatic heterocycles. The van der Waals surface area contributed by atoms with Crippen LogP contribution in [0.1, 0.15) is 33.7 Å². The Kier molecular flexibility index (Phi) is 3.78. The largest absolute Gasteiger partial charge is 0.203 e. The van der Waals surface area contributed by atoms with Crippen molar-refractivity contribution in [3.63, 3.8) is 0 Å². The first-order valence-electron chi connectivity index (χ1n) is 9.04. The van der Waals surface area contributed by atoms with Gasteiger partial charge in [-0.1, -0.05) is 72.8 Å². The van der Waals surface area contributed by atoms with Crippen molar-refractivity contribution in [2.45, 2.75) is 11.3 Å². The molecule has 5 heteroatoms. The van der Waals surface area contributed by atoms with E-state index in [1.807, 2.05) is 24.3 Å². The first kappa shape index (κ1) is 17.9. The molecule has 2 aliphatic carbocycles. The molecule has 0 N–H and O–H groups in total. The Morgan fingerprint density at radius 1 is 0.621 bits per heavy atom. The van der Waals surface area contributed by atoms with Crippen molar-refractivity contribution >= 4 is 12.2 Å². The van der Waals surface area contributed by atoms with Crippen LogP contribution in [-0.4, -0.2) is 0 Å². The van der Waals surface area contributed by atoms with Crippen molar-refractivity contribution in [2.75, 3.05) is 0 Å². The van der Waals surface area contributed by atoms with Gasteiger partial charge in [-0.15, -0.1) is 0 Å². The van der Waals surface area contributed by atoms with E-state index in [-0.39, 0.29) is 0 Å². The fraction of sp³-hybridized carbons (Fsp3) is 0.0833. The van der Waals surface area contributed by atoms with Crippen LogP contribution in [-0.2, 0) is 5.41 Å². The van der Waals surface area contributed by atoms with E-state index in [0.29, 0.717) is 11.1 Å². The van der Waals surface area contributed by atoms with E-state index in [9.17, 15) is 13.2 Å². The maximum atomic E-state index is 15.0. The predicted octanol–water partition coefficient (Wildman–Crippen LogP) is 6.51. The molecule has 29 heavy (non-hydrogen) atoms. The van der Waals surface area contributed by atoms with E-state index in [1.165, 1.54) is 0 Å². The molecule has 0 nitrogen and oxygen atoms in total. The molecule has 0 radical (unpaired) electrons. The third-order valence-electron chi connectivity index (χ3n) is 5.85. The second kappa shape index (κ2) is 6.14. The Morgan fingerprint density at radius 3 is 1.93 bits per heavy atom. The second-order valence-corrected chi connectivity index (χ2v) is 7.20. The van der Waals surface area contributed by atoms with Gasteiger partial charge in [-0.25, -0.2) is 22.0 Å². The Hall–Kier alpha value is -3.21. The molecule has 144 valence electrons.